The van der Waals surface area contributed by atoms with E-state index in [9.17, 15) is 30.4 Å². The topological polar surface area (TPSA) is 97.8 Å². The summed E-state index contributed by atoms with van der Waals surface area (Å²) in [5.74, 6) is -2.00. The SMILES string of the molecule is CS(=O)(=O)CC(=O)N1CC[C@@]2(S(=O)(=O)c3ccc(F)cc3)c3ccc(OCc4cc(F)ccc4Cl)cc3CC[C@@H]12. The number of likely N-dealkylation sites (tertiary alicyclic amines) is 1. The molecular formula is C28H26ClF2NO6S2. The summed E-state index contributed by atoms with van der Waals surface area (Å²) >= 11 is 6.15. The highest BCUT2D eigenvalue weighted by atomic mass is 35.5. The summed E-state index contributed by atoms with van der Waals surface area (Å²) < 4.78 is 84.1. The van der Waals surface area contributed by atoms with E-state index in [-0.39, 0.29) is 30.9 Å². The van der Waals surface area contributed by atoms with E-state index in [2.05, 4.69) is 0 Å². The van der Waals surface area contributed by atoms with Crippen LogP contribution in [0.5, 0.6) is 5.75 Å². The van der Waals surface area contributed by atoms with Crippen molar-refractivity contribution in [3.05, 3.63) is 94.0 Å². The Balaban J connectivity index is 1.56. The van der Waals surface area contributed by atoms with Gasteiger partial charge in [-0.3, -0.25) is 4.79 Å². The van der Waals surface area contributed by atoms with Crippen LogP contribution in [-0.4, -0.2) is 52.2 Å². The van der Waals surface area contributed by atoms with Crippen LogP contribution in [0.25, 0.3) is 0 Å². The maximum Gasteiger partial charge on any atom is 0.238 e. The van der Waals surface area contributed by atoms with Gasteiger partial charge < -0.3 is 9.64 Å². The Morgan fingerprint density at radius 2 is 1.73 bits per heavy atom. The molecule has 1 heterocycles. The molecule has 1 aliphatic carbocycles. The highest BCUT2D eigenvalue weighted by Gasteiger charge is 2.60. The van der Waals surface area contributed by atoms with Crippen molar-refractivity contribution in [3.8, 4) is 5.75 Å². The van der Waals surface area contributed by atoms with E-state index < -0.39 is 53.8 Å². The number of sulfone groups is 2. The first-order valence-corrected chi connectivity index (χ1v) is 16.4. The molecule has 0 unspecified atom stereocenters. The second-order valence-electron chi connectivity index (χ2n) is 10.2. The van der Waals surface area contributed by atoms with Crippen molar-refractivity contribution in [1.82, 2.24) is 4.90 Å². The highest BCUT2D eigenvalue weighted by molar-refractivity contribution is 7.92. The first-order chi connectivity index (χ1) is 18.8. The third kappa shape index (κ3) is 5.10. The van der Waals surface area contributed by atoms with Crippen LogP contribution >= 0.6 is 11.6 Å². The number of benzene rings is 3. The average Bonchev–Trinajstić information content (AvgIpc) is 3.30. The number of rotatable bonds is 7. The van der Waals surface area contributed by atoms with Crippen molar-refractivity contribution >= 4 is 37.2 Å². The molecule has 3 aromatic carbocycles. The van der Waals surface area contributed by atoms with Gasteiger partial charge in [0.25, 0.3) is 0 Å². The zero-order chi connectivity index (χ0) is 28.9. The number of halogens is 3. The van der Waals surface area contributed by atoms with Crippen molar-refractivity contribution in [2.75, 3.05) is 18.6 Å². The second kappa shape index (κ2) is 10.4. The van der Waals surface area contributed by atoms with Gasteiger partial charge in [0.15, 0.2) is 19.7 Å². The highest BCUT2D eigenvalue weighted by Crippen LogP contribution is 2.53. The number of aryl methyl sites for hydroxylation is 1. The summed E-state index contributed by atoms with van der Waals surface area (Å²) in [6.45, 7) is 0.0417. The van der Waals surface area contributed by atoms with Gasteiger partial charge in [-0.05, 0) is 85.0 Å². The van der Waals surface area contributed by atoms with E-state index in [1.54, 1.807) is 18.2 Å². The molecule has 1 fully saturated rings. The lowest BCUT2D eigenvalue weighted by atomic mass is 9.78. The quantitative estimate of drug-likeness (QED) is 0.367. The first kappa shape index (κ1) is 28.5. The van der Waals surface area contributed by atoms with Gasteiger partial charge in [0.1, 0.15) is 34.5 Å². The van der Waals surface area contributed by atoms with Gasteiger partial charge >= 0.3 is 0 Å². The predicted octanol–water partition coefficient (Wildman–Crippen LogP) is 4.46. The van der Waals surface area contributed by atoms with Gasteiger partial charge in [0.05, 0.1) is 10.9 Å². The fourth-order valence-electron chi connectivity index (χ4n) is 5.84. The van der Waals surface area contributed by atoms with Crippen LogP contribution in [0.2, 0.25) is 5.02 Å². The number of hydrogen-bond donors (Lipinski definition) is 0. The summed E-state index contributed by atoms with van der Waals surface area (Å²) in [7, 11) is -7.83. The minimum atomic E-state index is -4.19. The minimum Gasteiger partial charge on any atom is -0.489 e. The van der Waals surface area contributed by atoms with Crippen LogP contribution in [0.15, 0.2) is 65.6 Å². The summed E-state index contributed by atoms with van der Waals surface area (Å²) in [6, 6.07) is 12.7. The maximum absolute atomic E-state index is 14.3. The monoisotopic (exact) mass is 609 g/mol. The third-order valence-corrected chi connectivity index (χ3v) is 11.3. The first-order valence-electron chi connectivity index (χ1n) is 12.5. The van der Waals surface area contributed by atoms with E-state index in [1.807, 2.05) is 0 Å². The van der Waals surface area contributed by atoms with Crippen molar-refractivity contribution < 1.29 is 35.1 Å². The van der Waals surface area contributed by atoms with E-state index in [0.29, 0.717) is 33.9 Å². The largest absolute Gasteiger partial charge is 0.489 e. The van der Waals surface area contributed by atoms with E-state index in [0.717, 1.165) is 18.4 Å². The number of fused-ring (bicyclic) bond motifs is 3. The molecule has 0 saturated carbocycles. The molecule has 2 aliphatic rings. The lowest BCUT2D eigenvalue weighted by molar-refractivity contribution is -0.129. The van der Waals surface area contributed by atoms with Gasteiger partial charge in [-0.25, -0.2) is 25.6 Å². The van der Waals surface area contributed by atoms with Crippen LogP contribution in [0.3, 0.4) is 0 Å². The van der Waals surface area contributed by atoms with Gasteiger partial charge in [-0.15, -0.1) is 0 Å². The van der Waals surface area contributed by atoms with Crippen LogP contribution < -0.4 is 4.74 Å². The molecule has 3 aromatic rings. The standard InChI is InChI=1S/C28H26ClF2NO6S2/c1-39(34,35)17-27(33)32-13-12-28(40(36,37)23-7-3-20(30)4-8-23)24-9-6-22(15-18(24)2-11-26(28)32)38-16-19-14-21(31)5-10-25(19)29/h3-10,14-15,26H,2,11-13,16-17H2,1H3/t26-,28-/m1/s1. The third-order valence-electron chi connectivity index (χ3n) is 7.57. The second-order valence-corrected chi connectivity index (χ2v) is 14.9. The van der Waals surface area contributed by atoms with Gasteiger partial charge in [0.2, 0.25) is 5.91 Å². The van der Waals surface area contributed by atoms with Crippen LogP contribution in [0, 0.1) is 11.6 Å². The Labute approximate surface area is 236 Å². The fourth-order valence-corrected chi connectivity index (χ4v) is 8.99. The van der Waals surface area contributed by atoms with Crippen molar-refractivity contribution in [3.63, 3.8) is 0 Å². The number of carbonyl (C=O) groups is 1. The number of carbonyl (C=O) groups excluding carboxylic acids is 1. The van der Waals surface area contributed by atoms with Gasteiger partial charge in [0, 0.05) is 23.4 Å². The molecule has 5 rings (SSSR count). The average molecular weight is 610 g/mol. The van der Waals surface area contributed by atoms with Crippen LogP contribution in [-0.2, 0) is 42.2 Å². The molecule has 1 saturated heterocycles. The Morgan fingerprint density at radius 3 is 2.42 bits per heavy atom. The molecule has 212 valence electrons. The predicted molar refractivity (Wildman–Crippen MR) is 146 cm³/mol. The molecular weight excluding hydrogens is 584 g/mol. The zero-order valence-corrected chi connectivity index (χ0v) is 23.8. The van der Waals surface area contributed by atoms with Crippen molar-refractivity contribution in [2.45, 2.75) is 41.6 Å². The summed E-state index contributed by atoms with van der Waals surface area (Å²) in [5, 5.41) is 0.344. The Hall–Kier alpha value is -3.02. The molecule has 0 aromatic heterocycles. The summed E-state index contributed by atoms with van der Waals surface area (Å²) in [6.07, 6.45) is 1.67. The zero-order valence-electron chi connectivity index (χ0n) is 21.4. The van der Waals surface area contributed by atoms with Crippen molar-refractivity contribution in [2.24, 2.45) is 0 Å². The lowest BCUT2D eigenvalue weighted by Gasteiger charge is -2.42. The summed E-state index contributed by atoms with van der Waals surface area (Å²) in [5.41, 5.74) is 1.63. The summed E-state index contributed by atoms with van der Waals surface area (Å²) in [4.78, 5) is 14.3. The lowest BCUT2D eigenvalue weighted by Crippen LogP contribution is -2.52. The Bertz CT molecular complexity index is 1700. The molecule has 2 atom stereocenters. The Kier molecular flexibility index (Phi) is 7.43. The molecule has 12 heteroatoms. The molecule has 7 nitrogen and oxygen atoms in total. The molecule has 40 heavy (non-hydrogen) atoms. The van der Waals surface area contributed by atoms with Crippen LogP contribution in [0.1, 0.15) is 29.5 Å². The van der Waals surface area contributed by atoms with Gasteiger partial charge in [-0.1, -0.05) is 17.7 Å². The minimum absolute atomic E-state index is 0.00913. The number of hydrogen-bond acceptors (Lipinski definition) is 6. The molecule has 1 aliphatic heterocycles. The number of nitrogens with zero attached hydrogens (tertiary/aromatic N) is 1. The van der Waals surface area contributed by atoms with Crippen molar-refractivity contribution in [1.29, 1.82) is 0 Å². The smallest absolute Gasteiger partial charge is 0.238 e. The normalized spacial score (nSPS) is 20.6. The molecule has 0 spiro atoms. The molecule has 1 amide bonds. The van der Waals surface area contributed by atoms with Crippen LogP contribution in [0.4, 0.5) is 8.78 Å². The Morgan fingerprint density at radius 1 is 1.02 bits per heavy atom. The molecule has 0 radical (unpaired) electrons. The number of amides is 1. The van der Waals surface area contributed by atoms with Gasteiger partial charge in [-0.2, -0.15) is 0 Å². The van der Waals surface area contributed by atoms with E-state index >= 15 is 0 Å². The van der Waals surface area contributed by atoms with E-state index in [4.69, 9.17) is 16.3 Å². The fraction of sp³-hybridized carbons (Fsp3) is 0.321. The molecule has 0 bridgehead atoms. The maximum atomic E-state index is 14.3. The van der Waals surface area contributed by atoms with E-state index in [1.165, 1.54) is 35.2 Å². The molecule has 0 N–H and O–H groups in total. The number of ether oxygens (including phenoxy) is 1.